The van der Waals surface area contributed by atoms with Crippen molar-refractivity contribution in [3.05, 3.63) is 95.2 Å². The van der Waals surface area contributed by atoms with Crippen LogP contribution in [0.2, 0.25) is 0 Å². The Morgan fingerprint density at radius 1 is 0.729 bits per heavy atom. The van der Waals surface area contributed by atoms with Gasteiger partial charge in [0.15, 0.2) is 11.6 Å². The third-order valence-corrected chi connectivity index (χ3v) is 10.1. The van der Waals surface area contributed by atoms with Gasteiger partial charge in [-0.25, -0.2) is 0 Å². The minimum atomic E-state index is -2.77. The van der Waals surface area contributed by atoms with E-state index in [9.17, 15) is 19.2 Å². The molecule has 0 unspecified atom stereocenters. The van der Waals surface area contributed by atoms with Crippen molar-refractivity contribution in [3.8, 4) is 0 Å². The van der Waals surface area contributed by atoms with Gasteiger partial charge in [-0.05, 0) is 87.9 Å². The first kappa shape index (κ1) is 24.4. The van der Waals surface area contributed by atoms with E-state index in [1.807, 2.05) is 12.2 Å². The average Bonchev–Trinajstić information content (AvgIpc) is 3.75. The van der Waals surface area contributed by atoms with Crippen LogP contribution in [-0.4, -0.2) is 35.7 Å². The van der Waals surface area contributed by atoms with Crippen LogP contribution in [0.5, 0.6) is 0 Å². The highest BCUT2D eigenvalue weighted by Crippen LogP contribution is 2.61. The maximum absolute atomic E-state index is 12.8. The zero-order valence-electron chi connectivity index (χ0n) is 40.8. The summed E-state index contributed by atoms with van der Waals surface area (Å²) in [6.07, 6.45) is 12.5. The zero-order valence-corrected chi connectivity index (χ0v) is 28.8. The third kappa shape index (κ3) is 8.80. The molecule has 48 heavy (non-hydrogen) atoms. The van der Waals surface area contributed by atoms with Crippen LogP contribution in [-0.2, 0) is 28.7 Å². The minimum Gasteiger partial charge on any atom is -0.457 e. The largest absolute Gasteiger partial charge is 0.457 e. The Bertz CT molecular complexity index is 1760. The number of carbonyl (C=O) groups is 4. The van der Waals surface area contributed by atoms with Gasteiger partial charge >= 0.3 is 11.9 Å². The second-order valence-corrected chi connectivity index (χ2v) is 14.0. The maximum atomic E-state index is 12.8. The Morgan fingerprint density at radius 3 is 1.40 bits per heavy atom. The fourth-order valence-electron chi connectivity index (χ4n) is 6.76. The number of ether oxygens (including phenoxy) is 2. The molecule has 4 rings (SSSR count). The van der Waals surface area contributed by atoms with E-state index in [4.69, 9.17) is 25.9 Å². The van der Waals surface area contributed by atoms with Crippen LogP contribution in [0.15, 0.2) is 95.2 Å². The van der Waals surface area contributed by atoms with Crippen molar-refractivity contribution in [1.29, 1.82) is 0 Å². The van der Waals surface area contributed by atoms with E-state index in [2.05, 4.69) is 13.2 Å². The molecule has 0 N–H and O–H groups in total. The van der Waals surface area contributed by atoms with Gasteiger partial charge in [0.2, 0.25) is 0 Å². The Hall–Kier alpha value is -3.80. The van der Waals surface area contributed by atoms with Crippen LogP contribution in [0.3, 0.4) is 0 Å². The van der Waals surface area contributed by atoms with Gasteiger partial charge in [0.05, 0.1) is 24.7 Å². The van der Waals surface area contributed by atoms with E-state index in [0.29, 0.717) is 35.1 Å². The fraction of sp³-hybridized carbons (Fsp3) is 0.524. The standard InChI is InChI=1S/2C21H28O3/c2*1-7-8-9-10-15-14(4)18(12-17(15)22)24-20(23)19-16(11-13(2)3)21(19,5)6/h2*7-9,11,16,18-19H,1,10,12H2,2-6H3/b9-8+;9-8-/t2*16-,18+,19+/m11/s1/i2*2D3,3D3. The first-order chi connectivity index (χ1) is 27.2. The summed E-state index contributed by atoms with van der Waals surface area (Å²) >= 11 is 0. The normalized spacial score (nSPS) is 33.0. The first-order valence-corrected chi connectivity index (χ1v) is 16.1. The molecular formula is C42H56O6. The van der Waals surface area contributed by atoms with Gasteiger partial charge in [0, 0.05) is 27.6 Å². The van der Waals surface area contributed by atoms with Crippen molar-refractivity contribution in [2.45, 2.75) is 107 Å². The van der Waals surface area contributed by atoms with Crippen molar-refractivity contribution in [2.24, 2.45) is 34.5 Å². The molecule has 0 spiro atoms. The summed E-state index contributed by atoms with van der Waals surface area (Å²) in [6, 6.07) is 0. The lowest BCUT2D eigenvalue weighted by Gasteiger charge is -2.13. The molecule has 0 radical (unpaired) electrons. The van der Waals surface area contributed by atoms with Crippen molar-refractivity contribution < 1.29 is 45.1 Å². The van der Waals surface area contributed by atoms with E-state index in [0.717, 1.165) is 0 Å². The summed E-state index contributed by atoms with van der Waals surface area (Å²) in [4.78, 5) is 50.1. The van der Waals surface area contributed by atoms with Gasteiger partial charge < -0.3 is 9.47 Å². The van der Waals surface area contributed by atoms with Gasteiger partial charge in [0.1, 0.15) is 12.2 Å². The molecule has 2 fully saturated rings. The van der Waals surface area contributed by atoms with Crippen molar-refractivity contribution >= 4 is 23.5 Å². The summed E-state index contributed by atoms with van der Waals surface area (Å²) in [5, 5.41) is 0. The fourth-order valence-corrected chi connectivity index (χ4v) is 6.76. The summed E-state index contributed by atoms with van der Waals surface area (Å²) in [5.74, 6) is -3.67. The molecule has 0 aromatic heterocycles. The van der Waals surface area contributed by atoms with Crippen molar-refractivity contribution in [3.63, 3.8) is 0 Å². The number of hydrogen-bond donors (Lipinski definition) is 0. The Balaban J connectivity index is 0.000000320. The van der Waals surface area contributed by atoms with E-state index in [1.54, 1.807) is 65.8 Å². The highest BCUT2D eigenvalue weighted by molar-refractivity contribution is 6.00. The van der Waals surface area contributed by atoms with Crippen LogP contribution in [0, 0.1) is 34.5 Å². The van der Waals surface area contributed by atoms with Gasteiger partial charge in [-0.3, -0.25) is 19.2 Å². The smallest absolute Gasteiger partial charge is 0.310 e. The maximum Gasteiger partial charge on any atom is 0.310 e. The number of carbonyl (C=O) groups excluding carboxylic acids is 4. The van der Waals surface area contributed by atoms with Gasteiger partial charge in [-0.1, -0.05) is 101 Å². The van der Waals surface area contributed by atoms with Gasteiger partial charge in [-0.15, -0.1) is 0 Å². The molecular weight excluding hydrogens is 600 g/mol. The van der Waals surface area contributed by atoms with Crippen molar-refractivity contribution in [1.82, 2.24) is 0 Å². The molecule has 0 saturated heterocycles. The molecule has 0 aliphatic heterocycles. The lowest BCUT2D eigenvalue weighted by atomic mass is 10.1. The number of allylic oxidation sites excluding steroid dienone is 12. The second-order valence-electron chi connectivity index (χ2n) is 14.0. The quantitative estimate of drug-likeness (QED) is 0.117. The molecule has 6 nitrogen and oxygen atoms in total. The summed E-state index contributed by atoms with van der Waals surface area (Å²) in [7, 11) is 0. The van der Waals surface area contributed by atoms with Crippen LogP contribution < -0.4 is 0 Å². The topological polar surface area (TPSA) is 86.7 Å². The lowest BCUT2D eigenvalue weighted by Crippen LogP contribution is -2.20. The first-order valence-electron chi connectivity index (χ1n) is 22.1. The SMILES string of the molecule is [2H]C([2H])([2H])C(=C[C@@H]1[C@@H](C(=O)O[C@H]2CC(=O)C(C/C=C/C=C)=C2C)C1(C)C)C([2H])([2H])[2H].[2H]C([2H])([2H])C(=C[C@@H]1[C@@H](C(=O)O[C@H]2CC(=O)C(C/C=C\C=C)=C2C)C1(C)C)C([2H])([2H])[2H]. The molecule has 260 valence electrons. The lowest BCUT2D eigenvalue weighted by molar-refractivity contribution is -0.151. The zero-order chi connectivity index (χ0) is 46.1. The van der Waals surface area contributed by atoms with E-state index in [-0.39, 0.29) is 24.4 Å². The summed E-state index contributed by atoms with van der Waals surface area (Å²) in [5.41, 5.74) is 0.118. The molecule has 0 aromatic rings. The number of hydrogen-bond acceptors (Lipinski definition) is 6. The average molecular weight is 669 g/mol. The van der Waals surface area contributed by atoms with E-state index >= 15 is 0 Å². The molecule has 4 aliphatic carbocycles. The summed E-state index contributed by atoms with van der Waals surface area (Å²) in [6.45, 7) is 6.66. The molecule has 0 aromatic carbocycles. The van der Waals surface area contributed by atoms with E-state index < -0.39 is 97.2 Å². The van der Waals surface area contributed by atoms with Gasteiger partial charge in [0.25, 0.3) is 0 Å². The number of esters is 2. The van der Waals surface area contributed by atoms with Crippen LogP contribution in [0.25, 0.3) is 0 Å². The minimum absolute atomic E-state index is 0.0717. The molecule has 4 aliphatic rings. The molecule has 0 heterocycles. The third-order valence-electron chi connectivity index (χ3n) is 10.1. The predicted molar refractivity (Wildman–Crippen MR) is 193 cm³/mol. The van der Waals surface area contributed by atoms with Crippen LogP contribution in [0.1, 0.15) is 111 Å². The number of Topliss-reactive ketones (excluding diaryl/α,β-unsaturated/α-hetero) is 2. The highest BCUT2D eigenvalue weighted by atomic mass is 16.5. The molecule has 6 heteroatoms. The second kappa shape index (κ2) is 15.6. The number of ketones is 2. The Kier molecular flexibility index (Phi) is 7.92. The molecule has 2 saturated carbocycles. The molecule has 6 atom stereocenters. The predicted octanol–water partition coefficient (Wildman–Crippen LogP) is 9.12. The van der Waals surface area contributed by atoms with Crippen LogP contribution in [0.4, 0.5) is 0 Å². The van der Waals surface area contributed by atoms with Crippen LogP contribution >= 0.6 is 0 Å². The Labute approximate surface area is 305 Å². The van der Waals surface area contributed by atoms with Crippen molar-refractivity contribution in [2.75, 3.05) is 0 Å². The molecule has 0 bridgehead atoms. The van der Waals surface area contributed by atoms with Gasteiger partial charge in [-0.2, -0.15) is 0 Å². The number of rotatable bonds is 12. The Morgan fingerprint density at radius 2 is 1.08 bits per heavy atom. The molecule has 0 amide bonds. The van der Waals surface area contributed by atoms with E-state index in [1.165, 1.54) is 12.2 Å². The highest BCUT2D eigenvalue weighted by Gasteiger charge is 2.62. The summed E-state index contributed by atoms with van der Waals surface area (Å²) < 4.78 is 101. The monoisotopic (exact) mass is 668 g/mol.